The number of methoxy groups -OCH3 is 1. The van der Waals surface area contributed by atoms with E-state index in [1.165, 1.54) is 83.5 Å². The average molecular weight is 516 g/mol. The molecule has 0 N–H and O–H groups in total. The maximum atomic E-state index is 13.5. The molecule has 0 amide bonds. The van der Waals surface area contributed by atoms with Crippen LogP contribution in [0.1, 0.15) is 96.8 Å². The van der Waals surface area contributed by atoms with Gasteiger partial charge in [0.25, 0.3) is 0 Å². The second-order valence-electron chi connectivity index (χ2n) is 10.6. The summed E-state index contributed by atoms with van der Waals surface area (Å²) in [7, 11) is 1.59. The van der Waals surface area contributed by atoms with E-state index in [4.69, 9.17) is 9.15 Å². The maximum Gasteiger partial charge on any atom is 0.231 e. The van der Waals surface area contributed by atoms with E-state index in [0.717, 1.165) is 40.7 Å². The Morgan fingerprint density at radius 3 is 1.95 bits per heavy atom. The van der Waals surface area contributed by atoms with Crippen LogP contribution in [-0.2, 0) is 6.54 Å². The fourth-order valence-electron chi connectivity index (χ4n) is 5.69. The van der Waals surface area contributed by atoms with Crippen molar-refractivity contribution in [1.82, 2.24) is 4.57 Å². The molecule has 4 rings (SSSR count). The average Bonchev–Trinajstić information content (AvgIpc) is 3.43. The van der Waals surface area contributed by atoms with Crippen molar-refractivity contribution in [1.29, 1.82) is 0 Å². The molecular formula is C34H45NO3. The largest absolute Gasteiger partial charge is 0.491 e. The summed E-state index contributed by atoms with van der Waals surface area (Å²) in [6, 6.07) is 15.9. The fourth-order valence-corrected chi connectivity index (χ4v) is 5.69. The summed E-state index contributed by atoms with van der Waals surface area (Å²) in [5.74, 6) is 0.403. The van der Waals surface area contributed by atoms with E-state index in [1.54, 1.807) is 13.4 Å². The normalized spacial score (nSPS) is 11.5. The molecule has 4 heteroatoms. The van der Waals surface area contributed by atoms with E-state index >= 15 is 0 Å². The molecule has 2 heterocycles. The first-order chi connectivity index (χ1) is 18.8. The molecule has 0 spiro atoms. The van der Waals surface area contributed by atoms with Gasteiger partial charge in [-0.15, -0.1) is 0 Å². The van der Waals surface area contributed by atoms with E-state index < -0.39 is 0 Å². The van der Waals surface area contributed by atoms with Crippen molar-refractivity contribution in [3.05, 3.63) is 65.0 Å². The van der Waals surface area contributed by atoms with Crippen molar-refractivity contribution in [2.24, 2.45) is 0 Å². The Morgan fingerprint density at radius 2 is 1.34 bits per heavy atom. The van der Waals surface area contributed by atoms with E-state index in [9.17, 15) is 4.79 Å². The highest BCUT2D eigenvalue weighted by atomic mass is 16.5. The van der Waals surface area contributed by atoms with Crippen molar-refractivity contribution < 1.29 is 9.15 Å². The number of hydrogen-bond acceptors (Lipinski definition) is 3. The van der Waals surface area contributed by atoms with Gasteiger partial charge in [-0.1, -0.05) is 127 Å². The van der Waals surface area contributed by atoms with E-state index in [0.29, 0.717) is 11.1 Å². The van der Waals surface area contributed by atoms with Crippen LogP contribution in [0.3, 0.4) is 0 Å². The van der Waals surface area contributed by atoms with Gasteiger partial charge in [0.05, 0.1) is 30.0 Å². The number of pyridine rings is 1. The molecule has 0 radical (unpaired) electrons. The number of fused-ring (bicyclic) bond motifs is 3. The number of benzene rings is 2. The first kappa shape index (κ1) is 28.0. The van der Waals surface area contributed by atoms with Crippen LogP contribution in [0.25, 0.3) is 33.1 Å². The van der Waals surface area contributed by atoms with Crippen LogP contribution >= 0.6 is 0 Å². The number of aromatic nitrogens is 1. The molecule has 0 saturated heterocycles. The lowest BCUT2D eigenvalue weighted by Crippen LogP contribution is -2.16. The van der Waals surface area contributed by atoms with E-state index in [1.807, 2.05) is 48.5 Å². The zero-order valence-electron chi connectivity index (χ0n) is 23.5. The third-order valence-electron chi connectivity index (χ3n) is 7.79. The molecule has 38 heavy (non-hydrogen) atoms. The van der Waals surface area contributed by atoms with Gasteiger partial charge in [-0.25, -0.2) is 0 Å². The summed E-state index contributed by atoms with van der Waals surface area (Å²) in [5, 5.41) is 1.66. The molecular weight excluding hydrogens is 470 g/mol. The number of unbranched alkanes of at least 4 members (excludes halogenated alkanes) is 13. The van der Waals surface area contributed by atoms with Gasteiger partial charge in [0, 0.05) is 17.5 Å². The molecule has 0 atom stereocenters. The summed E-state index contributed by atoms with van der Waals surface area (Å²) in [5.41, 5.74) is 3.37. The Hall–Kier alpha value is -3.01. The number of hydrogen-bond donors (Lipinski definition) is 0. The SMILES string of the molecule is CCCCCCCCCCCCCCCCn1c(-c2ccccc2)c(OC)c(=O)c2ccc3ccoc3c21. The number of aryl methyl sites for hydroxylation is 1. The van der Waals surface area contributed by atoms with Crippen LogP contribution in [0.15, 0.2) is 64.0 Å². The molecule has 0 aliphatic carbocycles. The standard InChI is InChI=1S/C34H45NO3/c1-3-4-5-6-7-8-9-10-11-12-13-14-15-19-25-35-30(27-20-17-16-18-21-27)34(37-2)32(36)29-23-22-28-24-26-38-33(28)31(29)35/h16-18,20-24,26H,3-15,19,25H2,1-2H3. The van der Waals surface area contributed by atoms with Gasteiger partial charge in [-0.3, -0.25) is 4.79 Å². The molecule has 0 saturated carbocycles. The van der Waals surface area contributed by atoms with E-state index in [2.05, 4.69) is 11.5 Å². The van der Waals surface area contributed by atoms with Crippen molar-refractivity contribution in [3.8, 4) is 17.0 Å². The molecule has 0 aliphatic heterocycles. The number of furan rings is 1. The fraction of sp³-hybridized carbons (Fsp3) is 0.500. The molecule has 2 aromatic carbocycles. The predicted molar refractivity (Wildman–Crippen MR) is 160 cm³/mol. The van der Waals surface area contributed by atoms with Crippen LogP contribution < -0.4 is 10.2 Å². The Kier molecular flexibility index (Phi) is 10.9. The van der Waals surface area contributed by atoms with Gasteiger partial charge in [0.1, 0.15) is 0 Å². The quantitative estimate of drug-likeness (QED) is 0.131. The number of rotatable bonds is 17. The van der Waals surface area contributed by atoms with Crippen molar-refractivity contribution >= 4 is 21.9 Å². The summed E-state index contributed by atoms with van der Waals surface area (Å²) < 4.78 is 13.9. The van der Waals surface area contributed by atoms with E-state index in [-0.39, 0.29) is 5.43 Å². The van der Waals surface area contributed by atoms with Crippen LogP contribution in [0.2, 0.25) is 0 Å². The topological polar surface area (TPSA) is 44.4 Å². The summed E-state index contributed by atoms with van der Waals surface area (Å²) in [6.07, 6.45) is 20.4. The molecule has 2 aromatic heterocycles. The summed E-state index contributed by atoms with van der Waals surface area (Å²) in [4.78, 5) is 13.5. The van der Waals surface area contributed by atoms with Crippen LogP contribution in [0.4, 0.5) is 0 Å². The molecule has 0 bridgehead atoms. The lowest BCUT2D eigenvalue weighted by atomic mass is 10.0. The highest BCUT2D eigenvalue weighted by Crippen LogP contribution is 2.35. The smallest absolute Gasteiger partial charge is 0.231 e. The molecule has 0 aliphatic rings. The zero-order valence-corrected chi connectivity index (χ0v) is 23.5. The zero-order chi connectivity index (χ0) is 26.6. The molecule has 4 nitrogen and oxygen atoms in total. The van der Waals surface area contributed by atoms with Gasteiger partial charge in [0.15, 0.2) is 11.3 Å². The van der Waals surface area contributed by atoms with Crippen molar-refractivity contribution in [2.75, 3.05) is 7.11 Å². The molecule has 0 fully saturated rings. The minimum atomic E-state index is -0.0862. The first-order valence-corrected chi connectivity index (χ1v) is 14.9. The Bertz CT molecular complexity index is 1320. The first-order valence-electron chi connectivity index (χ1n) is 14.9. The second kappa shape index (κ2) is 14.8. The third kappa shape index (κ3) is 6.89. The molecule has 0 unspecified atom stereocenters. The predicted octanol–water partition coefficient (Wildman–Crippen LogP) is 9.90. The second-order valence-corrected chi connectivity index (χ2v) is 10.6. The van der Waals surface area contributed by atoms with Gasteiger partial charge < -0.3 is 13.7 Å². The highest BCUT2D eigenvalue weighted by Gasteiger charge is 2.21. The van der Waals surface area contributed by atoms with Gasteiger partial charge in [0.2, 0.25) is 5.43 Å². The number of nitrogens with zero attached hydrogens (tertiary/aromatic N) is 1. The monoisotopic (exact) mass is 515 g/mol. The highest BCUT2D eigenvalue weighted by molar-refractivity contribution is 6.03. The lowest BCUT2D eigenvalue weighted by Gasteiger charge is -2.20. The number of ether oxygens (including phenoxy) is 1. The van der Waals surface area contributed by atoms with Gasteiger partial charge in [-0.05, 0) is 18.6 Å². The van der Waals surface area contributed by atoms with Gasteiger partial charge in [-0.2, -0.15) is 0 Å². The maximum absolute atomic E-state index is 13.5. The third-order valence-corrected chi connectivity index (χ3v) is 7.79. The van der Waals surface area contributed by atoms with Crippen LogP contribution in [0, 0.1) is 0 Å². The summed E-state index contributed by atoms with van der Waals surface area (Å²) >= 11 is 0. The molecule has 4 aromatic rings. The summed E-state index contributed by atoms with van der Waals surface area (Å²) in [6.45, 7) is 3.10. The van der Waals surface area contributed by atoms with Crippen molar-refractivity contribution in [2.45, 2.75) is 103 Å². The lowest BCUT2D eigenvalue weighted by molar-refractivity contribution is 0.408. The Balaban J connectivity index is 1.39. The van der Waals surface area contributed by atoms with Gasteiger partial charge >= 0.3 is 0 Å². The Morgan fingerprint density at radius 1 is 0.737 bits per heavy atom. The molecule has 204 valence electrons. The minimum absolute atomic E-state index is 0.0862. The minimum Gasteiger partial charge on any atom is -0.491 e. The Labute approximate surface area is 228 Å². The van der Waals surface area contributed by atoms with Crippen molar-refractivity contribution in [3.63, 3.8) is 0 Å². The van der Waals surface area contributed by atoms with Crippen LogP contribution in [-0.4, -0.2) is 11.7 Å². The van der Waals surface area contributed by atoms with Crippen LogP contribution in [0.5, 0.6) is 5.75 Å².